The molecule has 0 amide bonds. The predicted molar refractivity (Wildman–Crippen MR) is 389 cm³/mol. The summed E-state index contributed by atoms with van der Waals surface area (Å²) >= 11 is 10.6. The minimum absolute atomic E-state index is 0.0765. The summed E-state index contributed by atoms with van der Waals surface area (Å²) in [6, 6.07) is 73.5. The van der Waals surface area contributed by atoms with Gasteiger partial charge in [-0.05, 0) is 150 Å². The van der Waals surface area contributed by atoms with E-state index in [9.17, 15) is 20.1 Å². The van der Waals surface area contributed by atoms with E-state index in [2.05, 4.69) is 177 Å². The first-order valence-electron chi connectivity index (χ1n) is 30.4. The fourth-order valence-electron chi connectivity index (χ4n) is 14.7. The molecule has 0 bridgehead atoms. The Labute approximate surface area is 566 Å². The number of carbonyl (C=O) groups is 2. The third-order valence-electron chi connectivity index (χ3n) is 19.0. The molecule has 6 nitrogen and oxygen atoms in total. The first kappa shape index (κ1) is 57.4. The third-order valence-corrected chi connectivity index (χ3v) is 26.6. The highest BCUT2D eigenvalue weighted by Gasteiger charge is 2.54. The highest BCUT2D eigenvalue weighted by atomic mass is 32.1. The van der Waals surface area contributed by atoms with Crippen LogP contribution in [-0.4, -0.2) is 11.6 Å². The van der Waals surface area contributed by atoms with Crippen molar-refractivity contribution in [1.29, 1.82) is 10.5 Å². The van der Waals surface area contributed by atoms with Crippen LogP contribution < -0.4 is 0 Å². The van der Waals surface area contributed by atoms with E-state index >= 15 is 0 Å². The summed E-state index contributed by atoms with van der Waals surface area (Å²) in [4.78, 5) is 43.8. The molecule has 0 saturated carbocycles. The minimum atomic E-state index is -0.741. The molecule has 6 aromatic heterocycles. The number of nitriles is 2. The number of benzene rings is 7. The van der Waals surface area contributed by atoms with Crippen LogP contribution in [0.2, 0.25) is 0 Å². The van der Waals surface area contributed by atoms with E-state index < -0.39 is 10.8 Å². The number of Topliss-reactive ketones (excluding diaryl/α,β-unsaturated/α-hetero) is 2. The molecular formula is C82H46N4O2S6. The monoisotopic (exact) mass is 1310 g/mol. The molecule has 6 heterocycles. The molecule has 13 aromatic rings. The Morgan fingerprint density at radius 2 is 0.862 bits per heavy atom. The molecule has 12 heteroatoms. The molecule has 0 saturated heterocycles. The maximum atomic E-state index is 14.2. The summed E-state index contributed by atoms with van der Waals surface area (Å²) in [5, 5.41) is 20.1. The lowest BCUT2D eigenvalue weighted by Crippen LogP contribution is -2.30. The number of thiophene rings is 6. The maximum Gasteiger partial charge on any atom is 0.528 e. The van der Waals surface area contributed by atoms with Gasteiger partial charge in [0.2, 0.25) is 0 Å². The number of nitrogens with zero attached hydrogens (tertiary/aromatic N) is 4. The number of rotatable bonds is 8. The van der Waals surface area contributed by atoms with E-state index in [1.54, 1.807) is 52.2 Å². The zero-order valence-corrected chi connectivity index (χ0v) is 55.6. The lowest BCUT2D eigenvalue weighted by molar-refractivity contribution is 0.103. The van der Waals surface area contributed by atoms with Crippen LogP contribution in [0, 0.1) is 63.5 Å². The number of aryl methyl sites for hydroxylation is 4. The Morgan fingerprint density at radius 1 is 0.415 bits per heavy atom. The van der Waals surface area contributed by atoms with Gasteiger partial charge in [-0.3, -0.25) is 9.59 Å². The zero-order chi connectivity index (χ0) is 64.1. The second-order valence-electron chi connectivity index (χ2n) is 24.3. The van der Waals surface area contributed by atoms with Crippen molar-refractivity contribution in [2.75, 3.05) is 0 Å². The first-order chi connectivity index (χ1) is 45.8. The molecule has 17 rings (SSSR count). The van der Waals surface area contributed by atoms with Gasteiger partial charge in [-0.2, -0.15) is 20.2 Å². The van der Waals surface area contributed by atoms with Crippen molar-refractivity contribution < 1.29 is 9.59 Å². The van der Waals surface area contributed by atoms with Gasteiger partial charge in [0.1, 0.15) is 30.9 Å². The van der Waals surface area contributed by atoms with Crippen molar-refractivity contribution in [3.63, 3.8) is 0 Å². The average Bonchev–Trinajstić information content (AvgIpc) is 1.49. The standard InChI is InChI=1S/C82H46N4O2S6/c1-43-15-23-48(24-16-43)81(49-25-17-44(2)18-26-49)62-38-59-63(37-58(62)75-64(81)39-67(91-75)65-33-31-53(89-65)36-61-71(80(85-5)86-6)55-12-8-10-14-57(55)74(61)88)82(50-27-19-45(3)20-28-50,51-29-21-46(4)22-30-51)72-76(59)94-79-77-69(93-78(72)79)40-68(92-77)66-34-32-52(90-66)35-60-70(47(41-83)42-84)54-11-7-9-13-56(54)73(60)87/h7-40H,1-4H3. The molecule has 0 spiro atoms. The molecule has 0 unspecified atom stereocenters. The van der Waals surface area contributed by atoms with Gasteiger partial charge < -0.3 is 0 Å². The summed E-state index contributed by atoms with van der Waals surface area (Å²) in [5.41, 5.74) is 19.1. The molecule has 0 fully saturated rings. The molecule has 0 N–H and O–H groups in total. The summed E-state index contributed by atoms with van der Waals surface area (Å²) in [7, 11) is 0. The van der Waals surface area contributed by atoms with Crippen LogP contribution in [0.5, 0.6) is 0 Å². The number of ketones is 2. The molecule has 94 heavy (non-hydrogen) atoms. The molecule has 4 aliphatic rings. The molecular weight excluding hydrogens is 1270 g/mol. The van der Waals surface area contributed by atoms with Crippen LogP contribution in [0.4, 0.5) is 0 Å². The second-order valence-corrected chi connectivity index (χ2v) is 30.7. The number of allylic oxidation sites excluding steroid dienone is 5. The normalized spacial score (nSPS) is 15.2. The molecule has 0 atom stereocenters. The summed E-state index contributed by atoms with van der Waals surface area (Å²) in [6.45, 7) is 24.5. The van der Waals surface area contributed by atoms with Gasteiger partial charge in [-0.15, -0.1) is 68.0 Å². The maximum absolute atomic E-state index is 14.2. The van der Waals surface area contributed by atoms with Crippen molar-refractivity contribution in [2.24, 2.45) is 0 Å². The van der Waals surface area contributed by atoms with Gasteiger partial charge in [0.05, 0.1) is 30.5 Å². The summed E-state index contributed by atoms with van der Waals surface area (Å²) in [5.74, 6) is -0.488. The molecule has 442 valence electrons. The Bertz CT molecular complexity index is 5730. The quantitative estimate of drug-likeness (QED) is 0.0861. The molecule has 7 aromatic carbocycles. The number of fused-ring (bicyclic) bond motifs is 12. The van der Waals surface area contributed by atoms with Gasteiger partial charge in [0.15, 0.2) is 11.6 Å². The van der Waals surface area contributed by atoms with Gasteiger partial charge in [-0.1, -0.05) is 168 Å². The van der Waals surface area contributed by atoms with E-state index in [4.69, 9.17) is 13.1 Å². The predicted octanol–water partition coefficient (Wildman–Crippen LogP) is 22.5. The van der Waals surface area contributed by atoms with Gasteiger partial charge in [0.25, 0.3) is 0 Å². The van der Waals surface area contributed by atoms with Gasteiger partial charge in [0, 0.05) is 77.1 Å². The lowest BCUT2D eigenvalue weighted by Gasteiger charge is -2.35. The van der Waals surface area contributed by atoms with E-state index in [-0.39, 0.29) is 23.0 Å². The van der Waals surface area contributed by atoms with E-state index in [1.807, 2.05) is 94.7 Å². The first-order valence-corrected chi connectivity index (χ1v) is 35.3. The van der Waals surface area contributed by atoms with E-state index in [0.29, 0.717) is 44.5 Å². The SMILES string of the molecule is [C-]#[N+]C([N+]#[C-])=C1C(=Cc2ccc(-c3cc4c(s3)-c3cc5c(cc3C4(c3ccc(C)cc3)c3ccc(C)cc3)-c3sc4c(sc6cc(-c7ccc(C=C8C(=O)c9ccccc9C8=C(C#N)C#N)s7)sc64)c3C5(c3ccc(C)cc3)c3ccc(C)cc3)s2)C(=O)c2ccccc21. The van der Waals surface area contributed by atoms with E-state index in [0.717, 1.165) is 29.3 Å². The largest absolute Gasteiger partial charge is 0.528 e. The van der Waals surface area contributed by atoms with Crippen molar-refractivity contribution >= 4 is 122 Å². The fraction of sp³-hybridized carbons (Fsp3) is 0.0732. The second kappa shape index (κ2) is 21.6. The van der Waals surface area contributed by atoms with Crippen LogP contribution >= 0.6 is 68.0 Å². The van der Waals surface area contributed by atoms with Crippen molar-refractivity contribution in [1.82, 2.24) is 0 Å². The van der Waals surface area contributed by atoms with Crippen LogP contribution in [0.15, 0.2) is 217 Å². The molecule has 0 aliphatic heterocycles. The van der Waals surface area contributed by atoms with Gasteiger partial charge in [-0.25, -0.2) is 0 Å². The van der Waals surface area contributed by atoms with Crippen LogP contribution in [0.3, 0.4) is 0 Å². The zero-order valence-electron chi connectivity index (χ0n) is 50.7. The summed E-state index contributed by atoms with van der Waals surface area (Å²) < 4.78 is 5.01. The number of hydrogen-bond acceptors (Lipinski definition) is 10. The minimum Gasteiger partial charge on any atom is -0.289 e. The average molecular weight is 1310 g/mol. The Hall–Kier alpha value is -10.5. The topological polar surface area (TPSA) is 90.4 Å². The highest BCUT2D eigenvalue weighted by Crippen LogP contribution is 2.68. The number of carbonyl (C=O) groups excluding carboxylic acids is 2. The fourth-order valence-corrected chi connectivity index (χ4v) is 22.5. The highest BCUT2D eigenvalue weighted by molar-refractivity contribution is 7.41. The lowest BCUT2D eigenvalue weighted by atomic mass is 9.65. The molecule has 4 aliphatic carbocycles. The van der Waals surface area contributed by atoms with Gasteiger partial charge >= 0.3 is 5.82 Å². The molecule has 0 radical (unpaired) electrons. The van der Waals surface area contributed by atoms with E-state index in [1.165, 1.54) is 106 Å². The van der Waals surface area contributed by atoms with Crippen molar-refractivity contribution in [3.8, 4) is 52.5 Å². The Balaban J connectivity index is 0.873. The Morgan fingerprint density at radius 3 is 1.36 bits per heavy atom. The van der Waals surface area contributed by atoms with Crippen molar-refractivity contribution in [2.45, 2.75) is 38.5 Å². The smallest absolute Gasteiger partial charge is 0.289 e. The van der Waals surface area contributed by atoms with Crippen LogP contribution in [0.1, 0.15) is 108 Å². The third kappa shape index (κ3) is 8.22. The van der Waals surface area contributed by atoms with Crippen LogP contribution in [-0.2, 0) is 10.8 Å². The Kier molecular flexibility index (Phi) is 13.2. The number of hydrogen-bond donors (Lipinski definition) is 0. The summed E-state index contributed by atoms with van der Waals surface area (Å²) in [6.07, 6.45) is 3.71. The van der Waals surface area contributed by atoms with Crippen LogP contribution in [0.25, 0.3) is 92.2 Å². The van der Waals surface area contributed by atoms with Crippen molar-refractivity contribution in [3.05, 3.63) is 338 Å².